The van der Waals surface area contributed by atoms with Crippen LogP contribution in [0, 0.1) is 0 Å². The molecule has 0 N–H and O–H groups in total. The van der Waals surface area contributed by atoms with Gasteiger partial charge in [-0.3, -0.25) is 0 Å². The molecule has 0 spiro atoms. The first kappa shape index (κ1) is 30.1. The molecule has 0 aliphatic rings. The Morgan fingerprint density at radius 3 is 1.89 bits per heavy atom. The lowest BCUT2D eigenvalue weighted by molar-refractivity contribution is 0.669. The lowest BCUT2D eigenvalue weighted by atomic mass is 10.0. The van der Waals surface area contributed by atoms with Crippen molar-refractivity contribution in [2.45, 2.75) is 0 Å². The minimum atomic E-state index is 0.610. The van der Waals surface area contributed by atoms with E-state index in [1.807, 2.05) is 66.7 Å². The van der Waals surface area contributed by atoms with Crippen LogP contribution in [0.2, 0.25) is 0 Å². The van der Waals surface area contributed by atoms with Gasteiger partial charge in [-0.25, -0.2) is 19.9 Å². The molecule has 0 atom stereocenters. The molecule has 11 aromatic rings. The minimum Gasteiger partial charge on any atom is -0.456 e. The van der Waals surface area contributed by atoms with Crippen molar-refractivity contribution in [2.75, 3.05) is 0 Å². The molecule has 7 aromatic carbocycles. The van der Waals surface area contributed by atoms with Gasteiger partial charge in [-0.05, 0) is 47.5 Å². The molecular weight excluding hydrogens is 689 g/mol. The van der Waals surface area contributed by atoms with Crippen molar-refractivity contribution in [1.29, 1.82) is 0 Å². The van der Waals surface area contributed by atoms with Crippen LogP contribution in [-0.4, -0.2) is 19.9 Å². The van der Waals surface area contributed by atoms with Crippen LogP contribution in [0.1, 0.15) is 0 Å². The normalized spacial score (nSPS) is 11.8. The van der Waals surface area contributed by atoms with Crippen LogP contribution in [0.15, 0.2) is 162 Å². The summed E-state index contributed by atoms with van der Waals surface area (Å²) in [6, 6.07) is 54.6. The predicted octanol–water partition coefficient (Wildman–Crippen LogP) is 13.1. The summed E-state index contributed by atoms with van der Waals surface area (Å²) in [4.78, 5) is 20.3. The van der Waals surface area contributed by atoms with Crippen molar-refractivity contribution < 1.29 is 4.42 Å². The number of fused-ring (bicyclic) bond motifs is 7. The molecule has 0 radical (unpaired) electrons. The number of nitrogens with zero attached hydrogens (tertiary/aromatic N) is 4. The Morgan fingerprint density at radius 2 is 1.04 bits per heavy atom. The first-order valence-corrected chi connectivity index (χ1v) is 19.0. The van der Waals surface area contributed by atoms with Gasteiger partial charge in [0.1, 0.15) is 16.2 Å². The standard InChI is InChI=1S/C46H26N4OS2/c1-2-10-28(11-3-1)43-48-44(33-13-8-17-37-41(33)31-12-4-6-16-36(31)51-37)50-45(49-43)34-14-9-19-39-42(34)32-25-24-30(26-40(32)52-39)27-20-22-29(23-21-27)46-47-35-15-5-7-18-38(35)53-46/h1-26H. The van der Waals surface area contributed by atoms with E-state index < -0.39 is 0 Å². The number of thiazole rings is 1. The van der Waals surface area contributed by atoms with Gasteiger partial charge in [0.25, 0.3) is 0 Å². The van der Waals surface area contributed by atoms with E-state index in [2.05, 4.69) is 91.0 Å². The summed E-state index contributed by atoms with van der Waals surface area (Å²) in [6.45, 7) is 0. The van der Waals surface area contributed by atoms with E-state index in [0.717, 1.165) is 60.1 Å². The van der Waals surface area contributed by atoms with Crippen LogP contribution in [0.3, 0.4) is 0 Å². The summed E-state index contributed by atoms with van der Waals surface area (Å²) < 4.78 is 9.85. The third-order valence-corrected chi connectivity index (χ3v) is 12.0. The smallest absolute Gasteiger partial charge is 0.164 e. The average molecular weight is 715 g/mol. The second-order valence-electron chi connectivity index (χ2n) is 13.0. The summed E-state index contributed by atoms with van der Waals surface area (Å²) in [6.07, 6.45) is 0. The topological polar surface area (TPSA) is 64.7 Å². The summed E-state index contributed by atoms with van der Waals surface area (Å²) in [7, 11) is 0. The quantitative estimate of drug-likeness (QED) is 0.178. The second kappa shape index (κ2) is 12.0. The molecule has 4 aromatic heterocycles. The number of thiophene rings is 1. The minimum absolute atomic E-state index is 0.610. The number of para-hydroxylation sites is 2. The lowest BCUT2D eigenvalue weighted by Gasteiger charge is -2.10. The first-order chi connectivity index (χ1) is 26.2. The van der Waals surface area contributed by atoms with E-state index in [-0.39, 0.29) is 0 Å². The zero-order valence-corrected chi connectivity index (χ0v) is 29.7. The van der Waals surface area contributed by atoms with Gasteiger partial charge in [0, 0.05) is 53.2 Å². The maximum atomic E-state index is 6.25. The fourth-order valence-electron chi connectivity index (χ4n) is 7.29. The molecule has 5 nitrogen and oxygen atoms in total. The zero-order chi connectivity index (χ0) is 34.9. The number of hydrogen-bond donors (Lipinski definition) is 0. The Morgan fingerprint density at radius 1 is 0.377 bits per heavy atom. The Labute approximate surface area is 311 Å². The predicted molar refractivity (Wildman–Crippen MR) is 220 cm³/mol. The van der Waals surface area contributed by atoms with E-state index in [1.165, 1.54) is 30.6 Å². The van der Waals surface area contributed by atoms with E-state index in [9.17, 15) is 0 Å². The number of furan rings is 1. The molecule has 4 heterocycles. The van der Waals surface area contributed by atoms with E-state index in [0.29, 0.717) is 17.5 Å². The van der Waals surface area contributed by atoms with Crippen LogP contribution in [0.25, 0.3) is 108 Å². The molecule has 0 saturated carbocycles. The van der Waals surface area contributed by atoms with Crippen molar-refractivity contribution in [3.05, 3.63) is 158 Å². The van der Waals surface area contributed by atoms with Crippen molar-refractivity contribution in [3.63, 3.8) is 0 Å². The summed E-state index contributed by atoms with van der Waals surface area (Å²) in [5.74, 6) is 1.88. The molecule has 0 aliphatic heterocycles. The molecule has 0 fully saturated rings. The van der Waals surface area contributed by atoms with E-state index >= 15 is 0 Å². The second-order valence-corrected chi connectivity index (χ2v) is 15.1. The van der Waals surface area contributed by atoms with E-state index in [4.69, 9.17) is 24.4 Å². The molecule has 0 aliphatic carbocycles. The van der Waals surface area contributed by atoms with Crippen molar-refractivity contribution >= 4 is 75.0 Å². The van der Waals surface area contributed by atoms with Crippen molar-refractivity contribution in [3.8, 4) is 55.9 Å². The zero-order valence-electron chi connectivity index (χ0n) is 28.0. The molecule has 0 unspecified atom stereocenters. The number of rotatable bonds is 5. The lowest BCUT2D eigenvalue weighted by Crippen LogP contribution is -2.00. The van der Waals surface area contributed by atoms with Crippen molar-refractivity contribution in [2.24, 2.45) is 0 Å². The maximum absolute atomic E-state index is 6.25. The fraction of sp³-hybridized carbons (Fsp3) is 0. The summed E-state index contributed by atoms with van der Waals surface area (Å²) >= 11 is 3.52. The van der Waals surface area contributed by atoms with Gasteiger partial charge in [-0.1, -0.05) is 121 Å². The van der Waals surface area contributed by atoms with Gasteiger partial charge >= 0.3 is 0 Å². The molecule has 7 heteroatoms. The van der Waals surface area contributed by atoms with Gasteiger partial charge in [0.2, 0.25) is 0 Å². The molecule has 53 heavy (non-hydrogen) atoms. The van der Waals surface area contributed by atoms with Crippen LogP contribution in [0.4, 0.5) is 0 Å². The van der Waals surface area contributed by atoms with E-state index in [1.54, 1.807) is 22.7 Å². The summed E-state index contributed by atoms with van der Waals surface area (Å²) in [5, 5.41) is 5.40. The largest absolute Gasteiger partial charge is 0.456 e. The highest BCUT2D eigenvalue weighted by molar-refractivity contribution is 7.26. The Bertz CT molecular complexity index is 3150. The van der Waals surface area contributed by atoms with Gasteiger partial charge in [0.15, 0.2) is 17.5 Å². The van der Waals surface area contributed by atoms with Gasteiger partial charge < -0.3 is 4.42 Å². The number of benzene rings is 7. The van der Waals surface area contributed by atoms with Crippen LogP contribution < -0.4 is 0 Å². The average Bonchev–Trinajstić information content (AvgIpc) is 3.94. The Balaban J connectivity index is 1.04. The van der Waals surface area contributed by atoms with Crippen molar-refractivity contribution in [1.82, 2.24) is 19.9 Å². The first-order valence-electron chi connectivity index (χ1n) is 17.4. The van der Waals surface area contributed by atoms with Gasteiger partial charge in [-0.2, -0.15) is 0 Å². The highest BCUT2D eigenvalue weighted by Crippen LogP contribution is 2.42. The Kier molecular flexibility index (Phi) is 6.83. The molecular formula is C46H26N4OS2. The Hall–Kier alpha value is -6.54. The SMILES string of the molecule is c1ccc(-c2nc(-c3cccc4oc5ccccc5c34)nc(-c3cccc4sc5cc(-c6ccc(-c7nc8ccccc8s7)cc6)ccc5c34)n2)cc1. The number of hydrogen-bond acceptors (Lipinski definition) is 7. The molecule has 248 valence electrons. The third-order valence-electron chi connectivity index (χ3n) is 9.81. The van der Waals surface area contributed by atoms with Gasteiger partial charge in [0.05, 0.1) is 10.2 Å². The third kappa shape index (κ3) is 5.04. The van der Waals surface area contributed by atoms with Gasteiger partial charge in [-0.15, -0.1) is 22.7 Å². The number of aromatic nitrogens is 4. The monoisotopic (exact) mass is 714 g/mol. The highest BCUT2D eigenvalue weighted by Gasteiger charge is 2.20. The fourth-order valence-corrected chi connectivity index (χ4v) is 9.43. The van der Waals surface area contributed by atoms with Crippen LogP contribution >= 0.6 is 22.7 Å². The maximum Gasteiger partial charge on any atom is 0.164 e. The highest BCUT2D eigenvalue weighted by atomic mass is 32.1. The van der Waals surface area contributed by atoms with Crippen LogP contribution in [-0.2, 0) is 0 Å². The molecule has 11 rings (SSSR count). The van der Waals surface area contributed by atoms with Crippen LogP contribution in [0.5, 0.6) is 0 Å². The molecule has 0 amide bonds. The summed E-state index contributed by atoms with van der Waals surface area (Å²) in [5.41, 5.74) is 8.99. The molecule has 0 bridgehead atoms. The molecule has 0 saturated heterocycles.